The van der Waals surface area contributed by atoms with Crippen LogP contribution in [0, 0.1) is 0 Å². The molecule has 0 bridgehead atoms. The van der Waals surface area contributed by atoms with Gasteiger partial charge in [-0.2, -0.15) is 0 Å². The Labute approximate surface area is 42.9 Å². The van der Waals surface area contributed by atoms with E-state index in [2.05, 4.69) is 0 Å². The third-order valence-electron chi connectivity index (χ3n) is 0. The number of halogens is 1. The first-order chi connectivity index (χ1) is 1.73. The van der Waals surface area contributed by atoms with Crippen LogP contribution in [0.1, 0.15) is 0 Å². The van der Waals surface area contributed by atoms with Gasteiger partial charge >= 0.3 is 30.1 Å². The zero-order chi connectivity index (χ0) is 3.58. The summed E-state index contributed by atoms with van der Waals surface area (Å²) >= 11 is -3.33. The molecule has 0 saturated carbocycles. The van der Waals surface area contributed by atoms with Gasteiger partial charge in [-0.1, -0.05) is 0 Å². The second kappa shape index (κ2) is 4.88. The third-order valence-corrected chi connectivity index (χ3v) is 0. The van der Waals surface area contributed by atoms with Gasteiger partial charge in [-0.3, -0.25) is 0 Å². The molecule has 0 fully saturated rings. The monoisotopic (exact) mass is 134 g/mol. The first-order valence-corrected chi connectivity index (χ1v) is 2.77. The first-order valence-electron chi connectivity index (χ1n) is 0.671. The standard InChI is InChI=1S/ClH.3H2O.Ti/h1H;3*1H2;/q;;;;+4/p-4. The Hall–Kier alpha value is 0.884. The van der Waals surface area contributed by atoms with E-state index in [1.165, 1.54) is 0 Å². The van der Waals surface area contributed by atoms with E-state index in [1.807, 2.05) is 0 Å². The Bertz CT molecular complexity index is 11.6. The van der Waals surface area contributed by atoms with Gasteiger partial charge in [-0.25, -0.2) is 0 Å². The summed E-state index contributed by atoms with van der Waals surface area (Å²) in [6.45, 7) is 0. The molecular weight excluding hydrogens is 131 g/mol. The molecule has 0 rings (SSSR count). The van der Waals surface area contributed by atoms with E-state index in [9.17, 15) is 0 Å². The fourth-order valence-electron chi connectivity index (χ4n) is 0. The van der Waals surface area contributed by atoms with Gasteiger partial charge in [0.2, 0.25) is 0 Å². The first kappa shape index (κ1) is 9.30. The van der Waals surface area contributed by atoms with Crippen LogP contribution in [0.15, 0.2) is 0 Å². The van der Waals surface area contributed by atoms with Crippen LogP contribution >= 0.6 is 0 Å². The number of hydrogen-bond acceptors (Lipinski definition) is 3. The van der Waals surface area contributed by atoms with E-state index in [1.54, 1.807) is 0 Å². The SMILES string of the molecule is [Cl-].[OH][Ti+]([OH])[OH]. The predicted molar refractivity (Wildman–Crippen MR) is 6.66 cm³/mol. The van der Waals surface area contributed by atoms with Crippen LogP contribution in [0.2, 0.25) is 0 Å². The molecule has 0 saturated heterocycles. The minimum absolute atomic E-state index is 0. The second-order valence-corrected chi connectivity index (χ2v) is 1.24. The predicted octanol–water partition coefficient (Wildman–Crippen LogP) is -4.67. The van der Waals surface area contributed by atoms with Gasteiger partial charge in [0.25, 0.3) is 0 Å². The van der Waals surface area contributed by atoms with E-state index in [-0.39, 0.29) is 12.4 Å². The molecule has 3 nitrogen and oxygen atoms in total. The fraction of sp³-hybridized carbons (Fsp3) is 0. The molecule has 0 unspecified atom stereocenters. The minimum atomic E-state index is -3.33. The quantitative estimate of drug-likeness (QED) is 0.292. The molecule has 0 aromatic rings. The van der Waals surface area contributed by atoms with Crippen LogP contribution in [-0.2, 0) is 19.0 Å². The molecule has 0 aliphatic carbocycles. The zero-order valence-electron chi connectivity index (χ0n) is 2.22. The maximum atomic E-state index is 7.33. The van der Waals surface area contributed by atoms with E-state index in [0.717, 1.165) is 0 Å². The summed E-state index contributed by atoms with van der Waals surface area (Å²) in [4.78, 5) is 0. The zero-order valence-corrected chi connectivity index (χ0v) is 4.54. The summed E-state index contributed by atoms with van der Waals surface area (Å²) in [6.07, 6.45) is 0. The van der Waals surface area contributed by atoms with Gasteiger partial charge in [0, 0.05) is 0 Å². The van der Waals surface area contributed by atoms with Crippen LogP contribution in [0.3, 0.4) is 0 Å². The van der Waals surface area contributed by atoms with Gasteiger partial charge in [0.05, 0.1) is 0 Å². The van der Waals surface area contributed by atoms with Gasteiger partial charge in [-0.05, 0) is 0 Å². The van der Waals surface area contributed by atoms with Crippen molar-refractivity contribution in [2.75, 3.05) is 0 Å². The van der Waals surface area contributed by atoms with E-state index in [0.29, 0.717) is 0 Å². The average molecular weight is 134 g/mol. The van der Waals surface area contributed by atoms with Crippen molar-refractivity contribution in [3.8, 4) is 0 Å². The summed E-state index contributed by atoms with van der Waals surface area (Å²) in [5.74, 6) is 0. The molecule has 0 heterocycles. The van der Waals surface area contributed by atoms with Crippen molar-refractivity contribution in [3.05, 3.63) is 0 Å². The van der Waals surface area contributed by atoms with Crippen LogP contribution in [0.5, 0.6) is 0 Å². The number of hydrogen-bond donors (Lipinski definition) is 3. The summed E-state index contributed by atoms with van der Waals surface area (Å²) in [7, 11) is 0. The van der Waals surface area contributed by atoms with Crippen molar-refractivity contribution in [3.63, 3.8) is 0 Å². The average Bonchev–Trinajstić information content (AvgIpc) is 0.811. The molecule has 0 radical (unpaired) electrons. The maximum absolute atomic E-state index is 7.33. The molecule has 32 valence electrons. The Balaban J connectivity index is 0. The van der Waals surface area contributed by atoms with Crippen molar-refractivity contribution in [2.45, 2.75) is 0 Å². The van der Waals surface area contributed by atoms with Gasteiger partial charge in [0.15, 0.2) is 0 Å². The second-order valence-electron chi connectivity index (χ2n) is 0.300. The van der Waals surface area contributed by atoms with Crippen LogP contribution in [0.25, 0.3) is 0 Å². The third kappa shape index (κ3) is 52.0. The summed E-state index contributed by atoms with van der Waals surface area (Å²) in [6, 6.07) is 0. The van der Waals surface area contributed by atoms with Crippen LogP contribution in [-0.4, -0.2) is 11.1 Å². The molecular formula is H3ClO3Ti. The number of rotatable bonds is 0. The molecule has 0 aliphatic rings. The summed E-state index contributed by atoms with van der Waals surface area (Å²) < 4.78 is 22.0. The van der Waals surface area contributed by atoms with Gasteiger partial charge < -0.3 is 12.4 Å². The fourth-order valence-corrected chi connectivity index (χ4v) is 0. The van der Waals surface area contributed by atoms with E-state index < -0.39 is 19.0 Å². The summed E-state index contributed by atoms with van der Waals surface area (Å²) in [5.41, 5.74) is 0. The summed E-state index contributed by atoms with van der Waals surface area (Å²) in [5, 5.41) is 0. The Morgan fingerprint density at radius 1 is 1.00 bits per heavy atom. The molecule has 0 aliphatic heterocycles. The molecule has 0 aromatic carbocycles. The van der Waals surface area contributed by atoms with Crippen molar-refractivity contribution in [2.24, 2.45) is 0 Å². The molecule has 0 spiro atoms. The van der Waals surface area contributed by atoms with Crippen LogP contribution < -0.4 is 12.4 Å². The molecule has 3 N–H and O–H groups in total. The van der Waals surface area contributed by atoms with Gasteiger partial charge in [0.1, 0.15) is 0 Å². The topological polar surface area (TPSA) is 60.7 Å². The Morgan fingerprint density at radius 3 is 1.00 bits per heavy atom. The molecule has 0 amide bonds. The van der Waals surface area contributed by atoms with Crippen LogP contribution in [0.4, 0.5) is 0 Å². The Kier molecular flexibility index (Phi) is 9.09. The van der Waals surface area contributed by atoms with E-state index in [4.69, 9.17) is 11.1 Å². The van der Waals surface area contributed by atoms with Crippen molar-refractivity contribution in [1.82, 2.24) is 0 Å². The molecule has 0 atom stereocenters. The van der Waals surface area contributed by atoms with Crippen molar-refractivity contribution in [1.29, 1.82) is 0 Å². The van der Waals surface area contributed by atoms with E-state index >= 15 is 0 Å². The molecule has 5 heavy (non-hydrogen) atoms. The van der Waals surface area contributed by atoms with Crippen molar-refractivity contribution < 1.29 is 42.5 Å². The van der Waals surface area contributed by atoms with Crippen molar-refractivity contribution >= 4 is 0 Å². The molecule has 5 heteroatoms. The Morgan fingerprint density at radius 2 is 1.00 bits per heavy atom. The van der Waals surface area contributed by atoms with Gasteiger partial charge in [-0.15, -0.1) is 0 Å². The molecule has 0 aromatic heterocycles. The normalized spacial score (nSPS) is 5.40.